The van der Waals surface area contributed by atoms with Gasteiger partial charge in [-0.05, 0) is 56.2 Å². The quantitative estimate of drug-likeness (QED) is 0.417. The highest BCUT2D eigenvalue weighted by atomic mass is 16.5. The summed E-state index contributed by atoms with van der Waals surface area (Å²) in [5.74, 6) is 3.37. The Morgan fingerprint density at radius 1 is 1.26 bits per heavy atom. The van der Waals surface area contributed by atoms with Crippen LogP contribution in [0.3, 0.4) is 0 Å². The Morgan fingerprint density at radius 2 is 2.09 bits per heavy atom. The van der Waals surface area contributed by atoms with E-state index in [1.54, 1.807) is 7.11 Å². The molecule has 1 aromatic carbocycles. The van der Waals surface area contributed by atoms with Crippen molar-refractivity contribution in [3.05, 3.63) is 23.8 Å². The van der Waals surface area contributed by atoms with E-state index in [-0.39, 0.29) is 0 Å². The van der Waals surface area contributed by atoms with E-state index in [2.05, 4.69) is 27.8 Å². The van der Waals surface area contributed by atoms with Crippen molar-refractivity contribution in [3.63, 3.8) is 0 Å². The Labute approximate surface area is 139 Å². The fourth-order valence-electron chi connectivity index (χ4n) is 2.43. The minimum Gasteiger partial charge on any atom is -0.493 e. The molecule has 23 heavy (non-hydrogen) atoms. The van der Waals surface area contributed by atoms with Gasteiger partial charge in [-0.3, -0.25) is 4.99 Å². The Morgan fingerprint density at radius 3 is 2.74 bits per heavy atom. The fourth-order valence-corrected chi connectivity index (χ4v) is 2.43. The summed E-state index contributed by atoms with van der Waals surface area (Å²) in [6, 6.07) is 6.15. The number of methoxy groups -OCH3 is 1. The van der Waals surface area contributed by atoms with Crippen LogP contribution >= 0.6 is 0 Å². The molecule has 0 amide bonds. The summed E-state index contributed by atoms with van der Waals surface area (Å²) in [6.07, 6.45) is 4.74. The summed E-state index contributed by atoms with van der Waals surface area (Å²) < 4.78 is 10.9. The average Bonchev–Trinajstić information content (AvgIpc) is 3.39. The molecule has 5 nitrogen and oxygen atoms in total. The molecule has 5 heteroatoms. The average molecular weight is 319 g/mol. The number of aryl methyl sites for hydroxylation is 1. The van der Waals surface area contributed by atoms with Crippen LogP contribution in [0.4, 0.5) is 0 Å². The maximum absolute atomic E-state index is 5.62. The van der Waals surface area contributed by atoms with Gasteiger partial charge in [-0.2, -0.15) is 0 Å². The standard InChI is InChI=1S/C18H29N3O2/c1-4-23-17-12-14(9-10-16(17)22-3)6-5-11-20-18(19-2)21-13-15-7-8-15/h9-10,12,15H,4-8,11,13H2,1-3H3,(H2,19,20,21). The van der Waals surface area contributed by atoms with Crippen LogP contribution in [-0.4, -0.2) is 39.8 Å². The lowest BCUT2D eigenvalue weighted by Gasteiger charge is -2.13. The lowest BCUT2D eigenvalue weighted by atomic mass is 10.1. The molecule has 2 N–H and O–H groups in total. The molecule has 1 fully saturated rings. The van der Waals surface area contributed by atoms with Gasteiger partial charge in [-0.1, -0.05) is 6.07 Å². The zero-order valence-corrected chi connectivity index (χ0v) is 14.5. The van der Waals surface area contributed by atoms with Gasteiger partial charge in [0.1, 0.15) is 0 Å². The van der Waals surface area contributed by atoms with E-state index in [4.69, 9.17) is 9.47 Å². The summed E-state index contributed by atoms with van der Waals surface area (Å²) in [5.41, 5.74) is 1.26. The number of nitrogens with one attached hydrogen (secondary N) is 2. The van der Waals surface area contributed by atoms with Crippen LogP contribution in [0.5, 0.6) is 11.5 Å². The first-order valence-electron chi connectivity index (χ1n) is 8.51. The van der Waals surface area contributed by atoms with Crippen LogP contribution in [0.1, 0.15) is 31.7 Å². The molecule has 1 aromatic rings. The number of hydrogen-bond acceptors (Lipinski definition) is 3. The first-order chi connectivity index (χ1) is 11.3. The third-order valence-corrected chi connectivity index (χ3v) is 3.94. The topological polar surface area (TPSA) is 54.9 Å². The zero-order chi connectivity index (χ0) is 16.5. The van der Waals surface area contributed by atoms with E-state index in [0.717, 1.165) is 49.3 Å². The molecule has 0 spiro atoms. The van der Waals surface area contributed by atoms with Crippen LogP contribution in [0, 0.1) is 5.92 Å². The minimum absolute atomic E-state index is 0.643. The molecular formula is C18H29N3O2. The largest absolute Gasteiger partial charge is 0.493 e. The Bertz CT molecular complexity index is 513. The molecule has 0 aromatic heterocycles. The van der Waals surface area contributed by atoms with E-state index < -0.39 is 0 Å². The molecule has 0 saturated heterocycles. The number of rotatable bonds is 9. The Hall–Kier alpha value is -1.91. The van der Waals surface area contributed by atoms with Gasteiger partial charge in [0.25, 0.3) is 0 Å². The van der Waals surface area contributed by atoms with E-state index in [9.17, 15) is 0 Å². The van der Waals surface area contributed by atoms with Gasteiger partial charge in [0.15, 0.2) is 17.5 Å². The highest BCUT2D eigenvalue weighted by Crippen LogP contribution is 2.28. The molecule has 1 saturated carbocycles. The van der Waals surface area contributed by atoms with Crippen LogP contribution in [0.15, 0.2) is 23.2 Å². The van der Waals surface area contributed by atoms with E-state index in [1.807, 2.05) is 20.0 Å². The number of hydrogen-bond donors (Lipinski definition) is 2. The van der Waals surface area contributed by atoms with Crippen LogP contribution in [-0.2, 0) is 6.42 Å². The number of guanidine groups is 1. The number of benzene rings is 1. The first-order valence-corrected chi connectivity index (χ1v) is 8.51. The number of ether oxygens (including phenoxy) is 2. The van der Waals surface area contributed by atoms with Gasteiger partial charge in [0, 0.05) is 20.1 Å². The molecule has 1 aliphatic carbocycles. The predicted molar refractivity (Wildman–Crippen MR) is 94.6 cm³/mol. The molecule has 0 radical (unpaired) electrons. The lowest BCUT2D eigenvalue weighted by Crippen LogP contribution is -2.38. The van der Waals surface area contributed by atoms with Crippen molar-refractivity contribution < 1.29 is 9.47 Å². The second-order valence-electron chi connectivity index (χ2n) is 5.85. The number of aliphatic imine (C=N–C) groups is 1. The maximum Gasteiger partial charge on any atom is 0.190 e. The fraction of sp³-hybridized carbons (Fsp3) is 0.611. The second kappa shape index (κ2) is 9.28. The van der Waals surface area contributed by atoms with Crippen molar-refractivity contribution in [1.29, 1.82) is 0 Å². The number of nitrogens with zero attached hydrogens (tertiary/aromatic N) is 1. The van der Waals surface area contributed by atoms with Gasteiger partial charge in [-0.15, -0.1) is 0 Å². The Balaban J connectivity index is 1.73. The second-order valence-corrected chi connectivity index (χ2v) is 5.85. The summed E-state index contributed by atoms with van der Waals surface area (Å²) >= 11 is 0. The van der Waals surface area contributed by atoms with Gasteiger partial charge in [0.2, 0.25) is 0 Å². The lowest BCUT2D eigenvalue weighted by molar-refractivity contribution is 0.310. The third-order valence-electron chi connectivity index (χ3n) is 3.94. The van der Waals surface area contributed by atoms with E-state index in [0.29, 0.717) is 6.61 Å². The van der Waals surface area contributed by atoms with E-state index in [1.165, 1.54) is 18.4 Å². The van der Waals surface area contributed by atoms with Gasteiger partial charge >= 0.3 is 0 Å². The van der Waals surface area contributed by atoms with Crippen molar-refractivity contribution in [2.75, 3.05) is 33.9 Å². The highest BCUT2D eigenvalue weighted by Gasteiger charge is 2.20. The van der Waals surface area contributed by atoms with Crippen molar-refractivity contribution in [1.82, 2.24) is 10.6 Å². The first kappa shape index (κ1) is 17.4. The molecule has 0 atom stereocenters. The van der Waals surface area contributed by atoms with Gasteiger partial charge in [0.05, 0.1) is 13.7 Å². The van der Waals surface area contributed by atoms with Crippen molar-refractivity contribution in [2.24, 2.45) is 10.9 Å². The van der Waals surface area contributed by atoms with Crippen LogP contribution in [0.2, 0.25) is 0 Å². The molecule has 0 bridgehead atoms. The van der Waals surface area contributed by atoms with Crippen LogP contribution in [0.25, 0.3) is 0 Å². The summed E-state index contributed by atoms with van der Waals surface area (Å²) in [7, 11) is 3.49. The Kier molecular flexibility index (Phi) is 7.04. The summed E-state index contributed by atoms with van der Waals surface area (Å²) in [5, 5.41) is 6.74. The normalized spacial score (nSPS) is 14.5. The van der Waals surface area contributed by atoms with Crippen molar-refractivity contribution in [3.8, 4) is 11.5 Å². The summed E-state index contributed by atoms with van der Waals surface area (Å²) in [6.45, 7) is 4.57. The predicted octanol–water partition coefficient (Wildman–Crippen LogP) is 2.60. The molecule has 0 unspecified atom stereocenters. The maximum atomic E-state index is 5.62. The summed E-state index contributed by atoms with van der Waals surface area (Å²) in [4.78, 5) is 4.25. The molecular weight excluding hydrogens is 290 g/mol. The highest BCUT2D eigenvalue weighted by molar-refractivity contribution is 5.79. The van der Waals surface area contributed by atoms with Crippen molar-refractivity contribution >= 4 is 5.96 Å². The smallest absolute Gasteiger partial charge is 0.190 e. The SMILES string of the molecule is CCOc1cc(CCCNC(=NC)NCC2CC2)ccc1OC. The zero-order valence-electron chi connectivity index (χ0n) is 14.5. The van der Waals surface area contributed by atoms with Gasteiger partial charge < -0.3 is 20.1 Å². The minimum atomic E-state index is 0.643. The molecule has 0 heterocycles. The molecule has 128 valence electrons. The molecule has 1 aliphatic rings. The molecule has 0 aliphatic heterocycles. The van der Waals surface area contributed by atoms with Crippen LogP contribution < -0.4 is 20.1 Å². The molecule has 2 rings (SSSR count). The monoisotopic (exact) mass is 319 g/mol. The van der Waals surface area contributed by atoms with Crippen molar-refractivity contribution in [2.45, 2.75) is 32.6 Å². The van der Waals surface area contributed by atoms with Gasteiger partial charge in [-0.25, -0.2) is 0 Å². The third kappa shape index (κ3) is 6.00. The van der Waals surface area contributed by atoms with E-state index >= 15 is 0 Å².